The van der Waals surface area contributed by atoms with Crippen LogP contribution in [0, 0.1) is 0 Å². The van der Waals surface area contributed by atoms with Gasteiger partial charge in [-0.25, -0.2) is 0 Å². The van der Waals surface area contributed by atoms with E-state index in [2.05, 4.69) is 10.6 Å². The Morgan fingerprint density at radius 3 is 2.92 bits per heavy atom. The van der Waals surface area contributed by atoms with E-state index < -0.39 is 5.66 Å². The van der Waals surface area contributed by atoms with Crippen molar-refractivity contribution < 1.29 is 9.59 Å². The van der Waals surface area contributed by atoms with E-state index in [0.29, 0.717) is 12.0 Å². The molecule has 1 aromatic heterocycles. The van der Waals surface area contributed by atoms with E-state index in [9.17, 15) is 9.59 Å². The van der Waals surface area contributed by atoms with Gasteiger partial charge < -0.3 is 15.5 Å². The molecule has 6 heteroatoms. The number of hydrogen-bond donors (Lipinski definition) is 2. The molecule has 0 unspecified atom stereocenters. The third-order valence-corrected chi connectivity index (χ3v) is 6.56. The Morgan fingerprint density at radius 1 is 1.20 bits per heavy atom. The maximum absolute atomic E-state index is 12.9. The molecule has 2 aromatic rings. The zero-order chi connectivity index (χ0) is 17.0. The molecular formula is C19H19N3O2S. The first-order valence-corrected chi connectivity index (χ1v) is 9.57. The first-order valence-electron chi connectivity index (χ1n) is 8.69. The normalized spacial score (nSPS) is 29.4. The molecule has 1 spiro atoms. The molecule has 3 aliphatic heterocycles. The van der Waals surface area contributed by atoms with E-state index in [-0.39, 0.29) is 23.9 Å². The molecule has 25 heavy (non-hydrogen) atoms. The second-order valence-electron chi connectivity index (χ2n) is 7.10. The summed E-state index contributed by atoms with van der Waals surface area (Å²) in [5.41, 5.74) is 1.01. The van der Waals surface area contributed by atoms with Crippen molar-refractivity contribution in [2.24, 2.45) is 0 Å². The summed E-state index contributed by atoms with van der Waals surface area (Å²) in [7, 11) is 0. The van der Waals surface area contributed by atoms with Crippen LogP contribution in [0.4, 0.5) is 5.69 Å². The van der Waals surface area contributed by atoms with E-state index in [1.807, 2.05) is 46.7 Å². The summed E-state index contributed by atoms with van der Waals surface area (Å²) in [4.78, 5) is 28.6. The van der Waals surface area contributed by atoms with Crippen molar-refractivity contribution in [1.29, 1.82) is 0 Å². The van der Waals surface area contributed by atoms with Gasteiger partial charge in [-0.15, -0.1) is 11.3 Å². The Balaban J connectivity index is 1.44. The maximum Gasteiger partial charge on any atom is 0.255 e. The molecule has 3 atom stereocenters. The third kappa shape index (κ3) is 2.20. The fourth-order valence-electron chi connectivity index (χ4n) is 4.71. The van der Waals surface area contributed by atoms with Gasteiger partial charge in [0, 0.05) is 23.0 Å². The van der Waals surface area contributed by atoms with Crippen molar-refractivity contribution in [2.45, 2.75) is 43.4 Å². The van der Waals surface area contributed by atoms with Crippen LogP contribution in [0.3, 0.4) is 0 Å². The molecule has 2 fully saturated rings. The lowest BCUT2D eigenvalue weighted by Gasteiger charge is -2.43. The lowest BCUT2D eigenvalue weighted by Crippen LogP contribution is -2.64. The number of carbonyl (C=O) groups excluding carboxylic acids is 2. The SMILES string of the molecule is O=C1N[C@]2(C[C@@H]3CC[C@@H]2N3C(=O)Cc2cccs2)Nc2ccccc21. The van der Waals surface area contributed by atoms with Crippen molar-refractivity contribution in [3.05, 3.63) is 52.2 Å². The van der Waals surface area contributed by atoms with E-state index in [1.165, 1.54) is 0 Å². The van der Waals surface area contributed by atoms with Gasteiger partial charge in [0.2, 0.25) is 5.91 Å². The molecule has 2 saturated heterocycles. The zero-order valence-electron chi connectivity index (χ0n) is 13.7. The van der Waals surface area contributed by atoms with Crippen LogP contribution in [-0.2, 0) is 11.2 Å². The van der Waals surface area contributed by atoms with Crippen LogP contribution in [-0.4, -0.2) is 34.5 Å². The summed E-state index contributed by atoms with van der Waals surface area (Å²) in [6.07, 6.45) is 3.16. The first-order chi connectivity index (χ1) is 12.2. The number of rotatable bonds is 2. The number of amides is 2. The lowest BCUT2D eigenvalue weighted by molar-refractivity contribution is -0.132. The molecule has 2 amide bonds. The van der Waals surface area contributed by atoms with Crippen LogP contribution in [0.5, 0.6) is 0 Å². The summed E-state index contributed by atoms with van der Waals surface area (Å²) in [6.45, 7) is 0. The third-order valence-electron chi connectivity index (χ3n) is 5.69. The molecule has 0 saturated carbocycles. The van der Waals surface area contributed by atoms with Gasteiger partial charge in [-0.1, -0.05) is 18.2 Å². The summed E-state index contributed by atoms with van der Waals surface area (Å²) in [5.74, 6) is 0.120. The Hall–Kier alpha value is -2.34. The number of carbonyl (C=O) groups is 2. The molecule has 128 valence electrons. The Bertz CT molecular complexity index is 850. The van der Waals surface area contributed by atoms with E-state index in [1.54, 1.807) is 11.3 Å². The molecule has 4 heterocycles. The minimum Gasteiger partial charge on any atom is -0.360 e. The van der Waals surface area contributed by atoms with Crippen molar-refractivity contribution in [2.75, 3.05) is 5.32 Å². The fraction of sp³-hybridized carbons (Fsp3) is 0.368. The largest absolute Gasteiger partial charge is 0.360 e. The Kier molecular flexibility index (Phi) is 3.19. The van der Waals surface area contributed by atoms with Gasteiger partial charge >= 0.3 is 0 Å². The second kappa shape index (κ2) is 5.33. The van der Waals surface area contributed by atoms with Crippen molar-refractivity contribution in [3.8, 4) is 0 Å². The molecule has 0 radical (unpaired) electrons. The molecule has 5 nitrogen and oxygen atoms in total. The van der Waals surface area contributed by atoms with Gasteiger partial charge in [0.05, 0.1) is 18.0 Å². The number of fused-ring (bicyclic) bond motifs is 4. The number of benzene rings is 1. The quantitative estimate of drug-likeness (QED) is 0.872. The number of anilines is 1. The number of para-hydroxylation sites is 1. The highest BCUT2D eigenvalue weighted by molar-refractivity contribution is 7.10. The van der Waals surface area contributed by atoms with Crippen molar-refractivity contribution >= 4 is 28.8 Å². The minimum atomic E-state index is -0.528. The molecule has 5 rings (SSSR count). The van der Waals surface area contributed by atoms with Crippen molar-refractivity contribution in [3.63, 3.8) is 0 Å². The predicted molar refractivity (Wildman–Crippen MR) is 96.6 cm³/mol. The molecular weight excluding hydrogens is 334 g/mol. The monoisotopic (exact) mass is 353 g/mol. The minimum absolute atomic E-state index is 0.0160. The number of nitrogens with zero attached hydrogens (tertiary/aromatic N) is 1. The summed E-state index contributed by atoms with van der Waals surface area (Å²) < 4.78 is 0. The van der Waals surface area contributed by atoms with Crippen LogP contribution >= 0.6 is 11.3 Å². The average Bonchev–Trinajstić information content (AvgIpc) is 3.30. The number of nitrogens with one attached hydrogen (secondary N) is 2. The highest BCUT2D eigenvalue weighted by atomic mass is 32.1. The molecule has 2 bridgehead atoms. The number of thiophene rings is 1. The highest BCUT2D eigenvalue weighted by Gasteiger charge is 2.59. The highest BCUT2D eigenvalue weighted by Crippen LogP contribution is 2.46. The first kappa shape index (κ1) is 15.0. The van der Waals surface area contributed by atoms with Crippen LogP contribution in [0.15, 0.2) is 41.8 Å². The maximum atomic E-state index is 12.9. The van der Waals surface area contributed by atoms with Gasteiger partial charge in [-0.05, 0) is 36.4 Å². The predicted octanol–water partition coefficient (Wildman–Crippen LogP) is 2.61. The standard InChI is InChI=1S/C19H19N3O2S/c23-17(10-13-4-3-9-25-13)22-12-7-8-16(22)19(11-12)20-15-6-2-1-5-14(15)18(24)21-19/h1-6,9,12,16,20H,7-8,10-11H2,(H,21,24)/t12-,16-,19-/m0/s1. The molecule has 3 aliphatic rings. The summed E-state index contributed by atoms with van der Waals surface area (Å²) in [5, 5.41) is 8.74. The topological polar surface area (TPSA) is 61.4 Å². The molecule has 1 aromatic carbocycles. The Morgan fingerprint density at radius 2 is 2.08 bits per heavy atom. The van der Waals surface area contributed by atoms with Gasteiger partial charge in [-0.2, -0.15) is 0 Å². The van der Waals surface area contributed by atoms with Crippen LogP contribution < -0.4 is 10.6 Å². The smallest absolute Gasteiger partial charge is 0.255 e. The van der Waals surface area contributed by atoms with Gasteiger partial charge in [0.25, 0.3) is 5.91 Å². The van der Waals surface area contributed by atoms with Gasteiger partial charge in [0.15, 0.2) is 0 Å². The van der Waals surface area contributed by atoms with E-state index in [0.717, 1.165) is 29.8 Å². The Labute approximate surface area is 150 Å². The van der Waals surface area contributed by atoms with E-state index in [4.69, 9.17) is 0 Å². The fourth-order valence-corrected chi connectivity index (χ4v) is 5.40. The van der Waals surface area contributed by atoms with Crippen LogP contribution in [0.25, 0.3) is 0 Å². The van der Waals surface area contributed by atoms with Crippen molar-refractivity contribution in [1.82, 2.24) is 10.2 Å². The van der Waals surface area contributed by atoms with E-state index >= 15 is 0 Å². The summed E-state index contributed by atoms with van der Waals surface area (Å²) in [6, 6.07) is 11.8. The van der Waals surface area contributed by atoms with Gasteiger partial charge in [0.1, 0.15) is 5.66 Å². The zero-order valence-corrected chi connectivity index (χ0v) is 14.5. The molecule has 0 aliphatic carbocycles. The van der Waals surface area contributed by atoms with Gasteiger partial charge in [-0.3, -0.25) is 9.59 Å². The van der Waals surface area contributed by atoms with Crippen LogP contribution in [0.2, 0.25) is 0 Å². The van der Waals surface area contributed by atoms with Crippen LogP contribution in [0.1, 0.15) is 34.5 Å². The summed E-state index contributed by atoms with van der Waals surface area (Å²) >= 11 is 1.62. The number of hydrogen-bond acceptors (Lipinski definition) is 4. The lowest BCUT2D eigenvalue weighted by atomic mass is 9.86. The molecule has 2 N–H and O–H groups in total. The second-order valence-corrected chi connectivity index (χ2v) is 8.14. The average molecular weight is 353 g/mol.